The zero-order chi connectivity index (χ0) is 25.0. The minimum absolute atomic E-state index is 0.148. The van der Waals surface area contributed by atoms with Gasteiger partial charge in [-0.05, 0) is 42.7 Å². The molecule has 2 aromatic rings. The summed E-state index contributed by atoms with van der Waals surface area (Å²) in [5.74, 6) is -0.828. The Balaban J connectivity index is 1.52. The maximum absolute atomic E-state index is 12.1. The van der Waals surface area contributed by atoms with Crippen molar-refractivity contribution in [2.24, 2.45) is 10.2 Å². The number of aliphatic carboxylic acids is 1. The summed E-state index contributed by atoms with van der Waals surface area (Å²) in [7, 11) is 0. The fourth-order valence-corrected chi connectivity index (χ4v) is 3.99. The Kier molecular flexibility index (Phi) is 9.67. The van der Waals surface area contributed by atoms with Gasteiger partial charge in [-0.1, -0.05) is 42.1 Å². The first-order valence-corrected chi connectivity index (χ1v) is 11.8. The average molecular weight is 499 g/mol. The van der Waals surface area contributed by atoms with E-state index in [-0.39, 0.29) is 24.1 Å². The molecule has 3 rings (SSSR count). The normalized spacial score (nSPS) is 16.3. The predicted octanol–water partition coefficient (Wildman–Crippen LogP) is 2.22. The summed E-state index contributed by atoms with van der Waals surface area (Å²) in [5.41, 5.74) is 1.80. The van der Waals surface area contributed by atoms with Crippen LogP contribution in [-0.2, 0) is 20.8 Å². The van der Waals surface area contributed by atoms with Gasteiger partial charge in [0.25, 0.3) is 5.91 Å². The molecule has 11 heteroatoms. The van der Waals surface area contributed by atoms with E-state index in [1.54, 1.807) is 18.2 Å². The summed E-state index contributed by atoms with van der Waals surface area (Å²) < 4.78 is 11.3. The van der Waals surface area contributed by atoms with Crippen molar-refractivity contribution in [2.75, 3.05) is 19.8 Å². The second kappa shape index (κ2) is 13.1. The van der Waals surface area contributed by atoms with Crippen molar-refractivity contribution in [1.82, 2.24) is 10.6 Å². The van der Waals surface area contributed by atoms with Crippen LogP contribution in [0.25, 0.3) is 0 Å². The van der Waals surface area contributed by atoms with E-state index in [4.69, 9.17) is 14.6 Å². The number of carboxylic acid groups (broad SMARTS) is 1. The van der Waals surface area contributed by atoms with E-state index in [2.05, 4.69) is 20.8 Å². The summed E-state index contributed by atoms with van der Waals surface area (Å²) >= 11 is 1.02. The number of rotatable bonds is 12. The van der Waals surface area contributed by atoms with Crippen LogP contribution in [0.2, 0.25) is 0 Å². The molecule has 35 heavy (non-hydrogen) atoms. The number of nitrogens with zero attached hydrogens (tertiary/aromatic N) is 2. The summed E-state index contributed by atoms with van der Waals surface area (Å²) in [4.78, 5) is 34.7. The molecule has 0 spiro atoms. The molecule has 0 aliphatic carbocycles. The third kappa shape index (κ3) is 8.45. The maximum Gasteiger partial charge on any atom is 0.305 e. The number of amides is 2. The van der Waals surface area contributed by atoms with Gasteiger partial charge >= 0.3 is 5.97 Å². The van der Waals surface area contributed by atoms with Gasteiger partial charge in [-0.15, -0.1) is 5.10 Å². The highest BCUT2D eigenvalue weighted by atomic mass is 32.2. The predicted molar refractivity (Wildman–Crippen MR) is 133 cm³/mol. The van der Waals surface area contributed by atoms with Gasteiger partial charge in [0.1, 0.15) is 5.25 Å². The summed E-state index contributed by atoms with van der Waals surface area (Å²) in [5, 5.41) is 21.6. The molecule has 10 nitrogen and oxygen atoms in total. The molecule has 1 saturated heterocycles. The first-order valence-electron chi connectivity index (χ1n) is 10.9. The Morgan fingerprint density at radius 3 is 2.71 bits per heavy atom. The lowest BCUT2D eigenvalue weighted by Gasteiger charge is -2.12. The lowest BCUT2D eigenvalue weighted by atomic mass is 10.1. The minimum atomic E-state index is -1.06. The van der Waals surface area contributed by atoms with Crippen LogP contribution in [0, 0.1) is 0 Å². The molecule has 0 bridgehead atoms. The molecule has 1 aliphatic rings. The van der Waals surface area contributed by atoms with Crippen molar-refractivity contribution in [2.45, 2.75) is 25.0 Å². The Labute approximate surface area is 206 Å². The number of carboxylic acids is 1. The van der Waals surface area contributed by atoms with Crippen LogP contribution in [0.1, 0.15) is 24.5 Å². The first kappa shape index (κ1) is 25.8. The fraction of sp³-hybridized carbons (Fsp3) is 0.292. The summed E-state index contributed by atoms with van der Waals surface area (Å²) in [6.45, 7) is 2.60. The number of thioether (sulfide) groups is 1. The maximum atomic E-state index is 12.1. The third-order valence-corrected chi connectivity index (χ3v) is 5.77. The van der Waals surface area contributed by atoms with Crippen LogP contribution in [0.5, 0.6) is 11.5 Å². The SMILES string of the molecule is CCOc1cc(C=NN=C2NC(=O)C(CC(=O)O)S2)ccc1OCC(=O)NCCc1ccccc1. The van der Waals surface area contributed by atoms with Crippen LogP contribution < -0.4 is 20.1 Å². The number of carbonyl (C=O) groups excluding carboxylic acids is 2. The highest BCUT2D eigenvalue weighted by molar-refractivity contribution is 8.15. The van der Waals surface area contributed by atoms with Gasteiger partial charge in [-0.25, -0.2) is 0 Å². The number of carbonyl (C=O) groups is 3. The molecule has 1 unspecified atom stereocenters. The van der Waals surface area contributed by atoms with Gasteiger partial charge in [0.15, 0.2) is 23.3 Å². The van der Waals surface area contributed by atoms with E-state index < -0.39 is 17.1 Å². The fourth-order valence-electron chi connectivity index (χ4n) is 3.07. The van der Waals surface area contributed by atoms with Gasteiger partial charge < -0.3 is 25.2 Å². The highest BCUT2D eigenvalue weighted by Crippen LogP contribution is 2.28. The van der Waals surface area contributed by atoms with Crippen LogP contribution in [0.4, 0.5) is 0 Å². The van der Waals surface area contributed by atoms with E-state index in [0.29, 0.717) is 30.2 Å². The zero-order valence-corrected chi connectivity index (χ0v) is 19.9. The molecule has 184 valence electrons. The molecule has 0 aromatic heterocycles. The number of nitrogens with one attached hydrogen (secondary N) is 2. The second-order valence-corrected chi connectivity index (χ2v) is 8.55. The summed E-state index contributed by atoms with van der Waals surface area (Å²) in [6, 6.07) is 15.0. The van der Waals surface area contributed by atoms with Crippen molar-refractivity contribution in [3.8, 4) is 11.5 Å². The van der Waals surface area contributed by atoms with Gasteiger partial charge in [-0.3, -0.25) is 14.4 Å². The lowest BCUT2D eigenvalue weighted by Crippen LogP contribution is -2.30. The van der Waals surface area contributed by atoms with Crippen molar-refractivity contribution < 1.29 is 29.0 Å². The van der Waals surface area contributed by atoms with Crippen LogP contribution in [0.15, 0.2) is 58.7 Å². The Bertz CT molecular complexity index is 1110. The van der Waals surface area contributed by atoms with E-state index in [9.17, 15) is 14.4 Å². The third-order valence-electron chi connectivity index (χ3n) is 4.70. The van der Waals surface area contributed by atoms with Crippen molar-refractivity contribution in [3.05, 3.63) is 59.7 Å². The van der Waals surface area contributed by atoms with E-state index in [1.165, 1.54) is 6.21 Å². The van der Waals surface area contributed by atoms with Crippen molar-refractivity contribution >= 4 is 40.9 Å². The Morgan fingerprint density at radius 2 is 1.97 bits per heavy atom. The van der Waals surface area contributed by atoms with Crippen LogP contribution in [0.3, 0.4) is 0 Å². The lowest BCUT2D eigenvalue weighted by molar-refractivity contribution is -0.138. The molecule has 0 radical (unpaired) electrons. The summed E-state index contributed by atoms with van der Waals surface area (Å²) in [6.07, 6.45) is 1.91. The van der Waals surface area contributed by atoms with Gasteiger partial charge in [0.2, 0.25) is 5.91 Å². The number of benzene rings is 2. The number of hydrogen-bond acceptors (Lipinski definition) is 8. The molecule has 0 saturated carbocycles. The second-order valence-electron chi connectivity index (χ2n) is 7.36. The van der Waals surface area contributed by atoms with Crippen LogP contribution in [-0.4, -0.2) is 59.3 Å². The standard InChI is InChI=1S/C24H26N4O6S/c1-2-33-19-12-17(14-26-28-24-27-23(32)20(35-24)13-22(30)31)8-9-18(19)34-15-21(29)25-11-10-16-6-4-3-5-7-16/h3-9,12,14,20H,2,10-11,13,15H2,1H3,(H,25,29)(H,30,31)(H,27,28,32). The first-order chi connectivity index (χ1) is 16.9. The molecular formula is C24H26N4O6S. The largest absolute Gasteiger partial charge is 0.490 e. The molecule has 1 fully saturated rings. The molecular weight excluding hydrogens is 472 g/mol. The number of amidine groups is 1. The van der Waals surface area contributed by atoms with E-state index in [1.807, 2.05) is 37.3 Å². The zero-order valence-electron chi connectivity index (χ0n) is 19.1. The van der Waals surface area contributed by atoms with E-state index >= 15 is 0 Å². The molecule has 2 amide bonds. The van der Waals surface area contributed by atoms with Gasteiger partial charge in [0.05, 0.1) is 19.2 Å². The van der Waals surface area contributed by atoms with Crippen molar-refractivity contribution in [1.29, 1.82) is 0 Å². The minimum Gasteiger partial charge on any atom is -0.490 e. The molecule has 1 aliphatic heterocycles. The number of hydrogen-bond donors (Lipinski definition) is 3. The van der Waals surface area contributed by atoms with Gasteiger partial charge in [-0.2, -0.15) is 5.10 Å². The quantitative estimate of drug-likeness (QED) is 0.301. The topological polar surface area (TPSA) is 139 Å². The molecule has 1 atom stereocenters. The van der Waals surface area contributed by atoms with Gasteiger partial charge in [0, 0.05) is 6.54 Å². The average Bonchev–Trinajstić information content (AvgIpc) is 3.17. The highest BCUT2D eigenvalue weighted by Gasteiger charge is 2.32. The molecule has 2 aromatic carbocycles. The van der Waals surface area contributed by atoms with E-state index in [0.717, 1.165) is 23.7 Å². The Hall–Kier alpha value is -3.86. The molecule has 3 N–H and O–H groups in total. The number of ether oxygens (including phenoxy) is 2. The van der Waals surface area contributed by atoms with Crippen molar-refractivity contribution in [3.63, 3.8) is 0 Å². The molecule has 1 heterocycles. The Morgan fingerprint density at radius 1 is 1.17 bits per heavy atom. The monoisotopic (exact) mass is 498 g/mol. The smallest absolute Gasteiger partial charge is 0.305 e. The van der Waals surface area contributed by atoms with Crippen LogP contribution >= 0.6 is 11.8 Å².